The van der Waals surface area contributed by atoms with Crippen LogP contribution in [-0.2, 0) is 32.2 Å². The zero-order valence-corrected chi connectivity index (χ0v) is 52.5. The van der Waals surface area contributed by atoms with Crippen LogP contribution in [0.15, 0.2) is 141 Å². The molecular weight excluding hydrogens is 1310 g/mol. The van der Waals surface area contributed by atoms with Crippen molar-refractivity contribution < 1.29 is 57.2 Å². The molecule has 28 heteroatoms. The Labute approximate surface area is 543 Å². The maximum atomic E-state index is 13.9. The Morgan fingerprint density at radius 1 is 0.633 bits per heavy atom. The number of nitrogens with one attached hydrogen (secondary N) is 2. The first kappa shape index (κ1) is 66.3. The number of carboxylic acids is 2. The van der Waals surface area contributed by atoms with Crippen molar-refractivity contribution in [2.24, 2.45) is 9.98 Å². The quantitative estimate of drug-likeness (QED) is 0.0551. The number of fused-ring (bicyclic) bond motifs is 2. The predicted octanol–water partition coefficient (Wildman–Crippen LogP) is 10.4. The number of carboxylic acid groups (broad SMARTS) is 2. The number of piperidine rings is 1. The molecule has 472 valence electrons. The molecule has 0 aliphatic carbocycles. The number of carbonyl (C=O) groups is 6. The van der Waals surface area contributed by atoms with E-state index in [0.29, 0.717) is 107 Å². The number of esters is 2. The normalized spacial score (nSPS) is 19.6. The number of alkyl halides is 1. The van der Waals surface area contributed by atoms with Crippen molar-refractivity contribution >= 4 is 109 Å². The largest absolute Gasteiger partial charge is 0.478 e. The van der Waals surface area contributed by atoms with Gasteiger partial charge < -0.3 is 49.9 Å². The van der Waals surface area contributed by atoms with Gasteiger partial charge in [-0.25, -0.2) is 47.5 Å². The second-order valence-corrected chi connectivity index (χ2v) is 24.3. The number of ether oxygens (including phenoxy) is 2. The number of piperazine rings is 1. The molecule has 12 rings (SSSR count). The van der Waals surface area contributed by atoms with Crippen molar-refractivity contribution in [1.82, 2.24) is 45.1 Å². The van der Waals surface area contributed by atoms with Crippen molar-refractivity contribution in [3.05, 3.63) is 196 Å². The second kappa shape index (κ2) is 29.7. The molecule has 4 amide bonds. The summed E-state index contributed by atoms with van der Waals surface area (Å²) in [7, 11) is 2.59. The molecule has 4 saturated heterocycles. The number of amidine groups is 2. The number of hydrogen-bond donors (Lipinski definition) is 4. The first-order valence-corrected chi connectivity index (χ1v) is 31.6. The van der Waals surface area contributed by atoms with Crippen LogP contribution < -0.4 is 10.6 Å². The average molecular weight is 1370 g/mol. The average Bonchev–Trinajstić information content (AvgIpc) is 0.846. The molecule has 90 heavy (non-hydrogen) atoms. The number of methoxy groups -OCH3 is 2. The van der Waals surface area contributed by atoms with E-state index in [2.05, 4.69) is 46.4 Å². The molecule has 6 aromatic rings. The van der Waals surface area contributed by atoms with Crippen molar-refractivity contribution in [2.75, 3.05) is 65.4 Å². The van der Waals surface area contributed by atoms with Gasteiger partial charge in [0.2, 0.25) is 0 Å². The number of allylic oxidation sites excluding steroid dienone is 1. The van der Waals surface area contributed by atoms with Crippen LogP contribution in [0.1, 0.15) is 91.8 Å². The van der Waals surface area contributed by atoms with Gasteiger partial charge in [0.15, 0.2) is 21.7 Å². The molecule has 2 unspecified atom stereocenters. The van der Waals surface area contributed by atoms with Gasteiger partial charge in [0.05, 0.1) is 48.6 Å². The molecule has 6 aliphatic heterocycles. The number of amides is 4. The molecule has 4 aromatic carbocycles. The van der Waals surface area contributed by atoms with Crippen molar-refractivity contribution in [1.29, 1.82) is 0 Å². The number of carbonyl (C=O) groups excluding carboxylic acids is 4. The summed E-state index contributed by atoms with van der Waals surface area (Å²) < 4.78 is 37.5. The van der Waals surface area contributed by atoms with Crippen LogP contribution in [0.25, 0.3) is 0 Å². The minimum atomic E-state index is -0.999. The van der Waals surface area contributed by atoms with Gasteiger partial charge >= 0.3 is 35.9 Å². The summed E-state index contributed by atoms with van der Waals surface area (Å²) >= 11 is 18.8. The number of halogens is 5. The van der Waals surface area contributed by atoms with Gasteiger partial charge in [0.1, 0.15) is 23.7 Å². The van der Waals surface area contributed by atoms with Crippen LogP contribution >= 0.6 is 61.8 Å². The monoisotopic (exact) mass is 1370 g/mol. The van der Waals surface area contributed by atoms with E-state index in [0.717, 1.165) is 37.1 Å². The molecule has 4 fully saturated rings. The SMILES string of the molecule is C.COC(=O)C1=C(CBr)NC(c2nccs2)=N[C@H]1c1ccc(F)cc1Cl.COC(=O)C1=C(CN2CCN3C(=O)N(Cc4ccc(C(=O)O)cc4)CC3C2)NC(c2nccs2)=N[C@H]1c1ccc(F)cc1Cl.O=C(O)c1ccc(CN2CC3CCCCN3C2=O)cc1. The van der Waals surface area contributed by atoms with Gasteiger partial charge in [-0.05, 0) is 78.9 Å². The Bertz CT molecular complexity index is 3790. The standard InChI is InChI=1S/C30H28ClFN6O5S.C16H12BrClFN3O2S.C15H18N2O3.CH4/c1-43-29(41)24-23(34-26(27-33-8-11-44-27)35-25(24)21-7-6-19(32)12-22(21)31)16-36-9-10-38-20(14-36)15-37(30(38)42)13-17-2-4-18(5-3-17)28(39)40;1-24-16(23)12-11(7-17)21-14(15-20-4-5-25-15)22-13(12)9-3-2-8(19)6-10(9)18;18-14(19)12-6-4-11(5-7-12)9-16-10-13-3-1-2-8-17(13)15(16)20;/h2-8,11-12,20,25H,9-10,13-16H2,1H3,(H,34,35)(H,39,40);2-6,13H,7H2,1H3,(H,21,22);4-7,13H,1-3,8-10H2,(H,18,19);1H4/t20?,25-;13-;;/m00../s1. The molecule has 6 aliphatic rings. The number of thiazole rings is 2. The molecule has 0 bridgehead atoms. The van der Waals surface area contributed by atoms with E-state index in [-0.39, 0.29) is 52.3 Å². The highest BCUT2D eigenvalue weighted by atomic mass is 79.9. The summed E-state index contributed by atoms with van der Waals surface area (Å²) in [4.78, 5) is 101. The number of hydrogen-bond acceptors (Lipinski definition) is 17. The van der Waals surface area contributed by atoms with Crippen LogP contribution in [0.2, 0.25) is 10.0 Å². The predicted molar refractivity (Wildman–Crippen MR) is 340 cm³/mol. The van der Waals surface area contributed by atoms with Crippen LogP contribution in [0, 0.1) is 11.6 Å². The van der Waals surface area contributed by atoms with E-state index in [1.54, 1.807) is 53.7 Å². The number of aromatic nitrogens is 2. The maximum Gasteiger partial charge on any atom is 0.338 e. The summed E-state index contributed by atoms with van der Waals surface area (Å²) in [5.74, 6) is -3.03. The molecule has 21 nitrogen and oxygen atoms in total. The summed E-state index contributed by atoms with van der Waals surface area (Å²) in [6.45, 7) is 5.06. The Morgan fingerprint density at radius 2 is 1.10 bits per heavy atom. The Hall–Kier alpha value is -8.14. The summed E-state index contributed by atoms with van der Waals surface area (Å²) in [5, 5.41) is 30.1. The zero-order valence-electron chi connectivity index (χ0n) is 47.8. The molecule has 4 atom stereocenters. The van der Waals surface area contributed by atoms with Crippen molar-refractivity contribution in [3.8, 4) is 0 Å². The highest BCUT2D eigenvalue weighted by Crippen LogP contribution is 2.39. The van der Waals surface area contributed by atoms with Gasteiger partial charge in [-0.2, -0.15) is 0 Å². The third-order valence-electron chi connectivity index (χ3n) is 15.6. The van der Waals surface area contributed by atoms with Crippen LogP contribution in [0.5, 0.6) is 0 Å². The van der Waals surface area contributed by atoms with Gasteiger partial charge in [0.25, 0.3) is 0 Å². The number of aromatic carboxylic acids is 2. The molecule has 8 heterocycles. The fourth-order valence-corrected chi connectivity index (χ4v) is 13.5. The smallest absolute Gasteiger partial charge is 0.338 e. The Kier molecular flexibility index (Phi) is 21.8. The molecule has 0 spiro atoms. The number of urea groups is 2. The van der Waals surface area contributed by atoms with Gasteiger partial charge in [-0.15, -0.1) is 22.7 Å². The lowest BCUT2D eigenvalue weighted by Gasteiger charge is -2.38. The fourth-order valence-electron chi connectivity index (χ4n) is 11.3. The maximum absolute atomic E-state index is 13.9. The summed E-state index contributed by atoms with van der Waals surface area (Å²) in [6, 6.07) is 20.0. The Balaban J connectivity index is 0.000000176. The second-order valence-electron chi connectivity index (χ2n) is 21.2. The van der Waals surface area contributed by atoms with E-state index in [4.69, 9.17) is 47.9 Å². The van der Waals surface area contributed by atoms with Gasteiger partial charge in [-0.3, -0.25) is 14.9 Å². The van der Waals surface area contributed by atoms with Crippen molar-refractivity contribution in [3.63, 3.8) is 0 Å². The van der Waals surface area contributed by atoms with Gasteiger partial charge in [0, 0.05) is 120 Å². The fraction of sp³-hybridized carbons (Fsp3) is 0.323. The van der Waals surface area contributed by atoms with E-state index in [9.17, 15) is 37.5 Å². The van der Waals surface area contributed by atoms with E-state index in [1.807, 2.05) is 25.5 Å². The lowest BCUT2D eigenvalue weighted by Crippen LogP contribution is -2.53. The van der Waals surface area contributed by atoms with E-state index < -0.39 is 47.6 Å². The Morgan fingerprint density at radius 3 is 1.53 bits per heavy atom. The molecule has 2 aromatic heterocycles. The number of aliphatic imine (C=N–C) groups is 2. The lowest BCUT2D eigenvalue weighted by atomic mass is 9.95. The molecular formula is C62H62BrCl2F2N11O10S2. The summed E-state index contributed by atoms with van der Waals surface area (Å²) in [5.41, 5.74) is 5.00. The van der Waals surface area contributed by atoms with Crippen LogP contribution in [0.3, 0.4) is 0 Å². The van der Waals surface area contributed by atoms with Crippen LogP contribution in [-0.4, -0.2) is 170 Å². The highest BCUT2D eigenvalue weighted by Gasteiger charge is 2.43. The first-order valence-electron chi connectivity index (χ1n) is 28.0. The number of rotatable bonds is 15. The third-order valence-corrected chi connectivity index (χ3v) is 18.4. The minimum Gasteiger partial charge on any atom is -0.478 e. The topological polar surface area (TPSA) is 252 Å². The third kappa shape index (κ3) is 15.0. The highest BCUT2D eigenvalue weighted by molar-refractivity contribution is 9.09. The lowest BCUT2D eigenvalue weighted by molar-refractivity contribution is -0.137. The van der Waals surface area contributed by atoms with Crippen LogP contribution in [0.4, 0.5) is 18.4 Å². The summed E-state index contributed by atoms with van der Waals surface area (Å²) in [6.07, 6.45) is 6.72. The number of nitrogens with zero attached hydrogens (tertiary/aromatic N) is 9. The molecule has 4 N–H and O–H groups in total. The van der Waals surface area contributed by atoms with E-state index in [1.165, 1.54) is 91.8 Å². The minimum absolute atomic E-state index is 0. The van der Waals surface area contributed by atoms with Crippen molar-refractivity contribution in [2.45, 2.75) is 63.9 Å². The first-order chi connectivity index (χ1) is 42.9. The number of benzene rings is 4. The molecule has 0 saturated carbocycles. The van der Waals surface area contributed by atoms with E-state index >= 15 is 0 Å². The molecule has 0 radical (unpaired) electrons. The zero-order chi connectivity index (χ0) is 63.0. The van der Waals surface area contributed by atoms with Gasteiger partial charge in [-0.1, -0.05) is 83.0 Å².